The van der Waals surface area contributed by atoms with Crippen molar-refractivity contribution in [3.05, 3.63) is 65.2 Å². The zero-order valence-corrected chi connectivity index (χ0v) is 15.6. The lowest BCUT2D eigenvalue weighted by Crippen LogP contribution is -2.49. The van der Waals surface area contributed by atoms with Crippen molar-refractivity contribution in [2.45, 2.75) is 23.1 Å². The smallest absolute Gasteiger partial charge is 0.362 e. The molecule has 140 valence electrons. The molecule has 2 aromatic carbocycles. The van der Waals surface area contributed by atoms with E-state index in [1.54, 1.807) is 24.3 Å². The summed E-state index contributed by atoms with van der Waals surface area (Å²) in [5, 5.41) is 5.09. The summed E-state index contributed by atoms with van der Waals surface area (Å²) in [6.45, 7) is 1.86. The number of aryl methyl sites for hydroxylation is 1. The first-order valence-corrected chi connectivity index (χ1v) is 8.48. The zero-order valence-electron chi connectivity index (χ0n) is 13.4. The Bertz CT molecular complexity index is 774. The number of rotatable bonds is 4. The number of nitrogens with one attached hydrogen (secondary N) is 2. The van der Waals surface area contributed by atoms with Crippen LogP contribution < -0.4 is 10.6 Å². The molecule has 1 amide bonds. The van der Waals surface area contributed by atoms with E-state index in [0.717, 1.165) is 17.7 Å². The number of carbonyl (C=O) groups excluding carboxylic acids is 1. The van der Waals surface area contributed by atoms with Crippen LogP contribution in [0, 0.1) is 6.92 Å². The number of anilines is 1. The van der Waals surface area contributed by atoms with Gasteiger partial charge >= 0.3 is 6.18 Å². The fourth-order valence-electron chi connectivity index (χ4n) is 2.07. The molecule has 0 unspecified atom stereocenters. The minimum absolute atomic E-state index is 0.0420. The highest BCUT2D eigenvalue weighted by molar-refractivity contribution is 6.68. The Hall–Kier alpha value is -1.63. The molecule has 0 aliphatic heterocycles. The number of alkyl halides is 6. The van der Waals surface area contributed by atoms with Crippen LogP contribution in [0.3, 0.4) is 0 Å². The van der Waals surface area contributed by atoms with Crippen LogP contribution in [-0.2, 0) is 6.18 Å². The quantitative estimate of drug-likeness (QED) is 0.498. The van der Waals surface area contributed by atoms with E-state index in [1.807, 2.05) is 6.92 Å². The maximum Gasteiger partial charge on any atom is 0.416 e. The Morgan fingerprint density at radius 2 is 1.65 bits per heavy atom. The second kappa shape index (κ2) is 7.94. The Labute approximate surface area is 163 Å². The van der Waals surface area contributed by atoms with Gasteiger partial charge in [-0.2, -0.15) is 13.2 Å². The molecule has 0 spiro atoms. The third kappa shape index (κ3) is 5.69. The highest BCUT2D eigenvalue weighted by Gasteiger charge is 2.35. The molecule has 9 heteroatoms. The predicted molar refractivity (Wildman–Crippen MR) is 97.8 cm³/mol. The van der Waals surface area contributed by atoms with Crippen molar-refractivity contribution >= 4 is 46.4 Å². The summed E-state index contributed by atoms with van der Waals surface area (Å²) in [6.07, 6.45) is -5.78. The van der Waals surface area contributed by atoms with Gasteiger partial charge in [-0.1, -0.05) is 58.6 Å². The summed E-state index contributed by atoms with van der Waals surface area (Å²) in [4.78, 5) is 12.3. The number of halogens is 6. The van der Waals surface area contributed by atoms with E-state index in [4.69, 9.17) is 34.8 Å². The molecule has 2 N–H and O–H groups in total. The summed E-state index contributed by atoms with van der Waals surface area (Å²) in [7, 11) is 0. The van der Waals surface area contributed by atoms with Gasteiger partial charge in [0.25, 0.3) is 5.91 Å². The van der Waals surface area contributed by atoms with E-state index < -0.39 is 27.6 Å². The topological polar surface area (TPSA) is 41.1 Å². The van der Waals surface area contributed by atoms with Gasteiger partial charge in [-0.3, -0.25) is 4.79 Å². The Morgan fingerprint density at radius 3 is 2.19 bits per heavy atom. The fraction of sp³-hybridized carbons (Fsp3) is 0.235. The minimum Gasteiger partial charge on any atom is -0.362 e. The first-order chi connectivity index (χ1) is 12.0. The zero-order chi connectivity index (χ0) is 19.5. The Balaban J connectivity index is 2.21. The molecule has 0 saturated heterocycles. The van der Waals surface area contributed by atoms with Gasteiger partial charge in [0.2, 0.25) is 3.79 Å². The molecular weight excluding hydrogens is 412 g/mol. The van der Waals surface area contributed by atoms with E-state index in [1.165, 1.54) is 12.1 Å². The molecule has 0 fully saturated rings. The van der Waals surface area contributed by atoms with E-state index in [-0.39, 0.29) is 5.69 Å². The standard InChI is InChI=1S/C17H14Cl3F3N2O/c1-10-5-7-11(8-6-10)14(26)25-15(16(18,19)20)24-13-4-2-3-12(9-13)17(21,22)23/h2-9,15,24H,1H3,(H,25,26)/t15-/m0/s1. The lowest BCUT2D eigenvalue weighted by molar-refractivity contribution is -0.137. The van der Waals surface area contributed by atoms with Crippen molar-refractivity contribution in [3.63, 3.8) is 0 Å². The molecule has 2 rings (SSSR count). The summed E-state index contributed by atoms with van der Waals surface area (Å²) < 4.78 is 36.5. The van der Waals surface area contributed by atoms with Crippen molar-refractivity contribution in [2.75, 3.05) is 5.32 Å². The molecule has 0 saturated carbocycles. The first-order valence-electron chi connectivity index (χ1n) is 7.35. The maximum atomic E-state index is 12.8. The molecule has 0 aliphatic carbocycles. The van der Waals surface area contributed by atoms with Crippen molar-refractivity contribution in [1.29, 1.82) is 0 Å². The third-order valence-corrected chi connectivity index (χ3v) is 4.07. The van der Waals surface area contributed by atoms with Gasteiger partial charge in [-0.05, 0) is 37.3 Å². The van der Waals surface area contributed by atoms with Gasteiger partial charge in [0, 0.05) is 11.3 Å². The Morgan fingerprint density at radius 1 is 1.04 bits per heavy atom. The number of amides is 1. The summed E-state index contributed by atoms with van der Waals surface area (Å²) >= 11 is 17.6. The average Bonchev–Trinajstić information content (AvgIpc) is 2.53. The fourth-order valence-corrected chi connectivity index (χ4v) is 2.40. The number of carbonyl (C=O) groups is 1. The first kappa shape index (κ1) is 20.7. The molecule has 26 heavy (non-hydrogen) atoms. The van der Waals surface area contributed by atoms with Crippen LogP contribution in [0.4, 0.5) is 18.9 Å². The van der Waals surface area contributed by atoms with Crippen LogP contribution >= 0.6 is 34.8 Å². The van der Waals surface area contributed by atoms with Gasteiger partial charge in [0.05, 0.1) is 5.56 Å². The molecule has 1 atom stereocenters. The maximum absolute atomic E-state index is 12.8. The highest BCUT2D eigenvalue weighted by atomic mass is 35.6. The SMILES string of the molecule is Cc1ccc(C(=O)N[C@H](Nc2cccc(C(F)(F)F)c2)C(Cl)(Cl)Cl)cc1. The normalized spacial score (nSPS) is 13.2. The van der Waals surface area contributed by atoms with Crippen molar-refractivity contribution < 1.29 is 18.0 Å². The number of benzene rings is 2. The van der Waals surface area contributed by atoms with Crippen LogP contribution in [-0.4, -0.2) is 15.9 Å². The van der Waals surface area contributed by atoms with E-state index in [9.17, 15) is 18.0 Å². The number of hydrogen-bond donors (Lipinski definition) is 2. The predicted octanol–water partition coefficient (Wildman–Crippen LogP) is 5.55. The van der Waals surface area contributed by atoms with Crippen LogP contribution in [0.1, 0.15) is 21.5 Å². The molecule has 2 aromatic rings. The molecule has 0 aliphatic rings. The van der Waals surface area contributed by atoms with Crippen LogP contribution in [0.2, 0.25) is 0 Å². The summed E-state index contributed by atoms with van der Waals surface area (Å²) in [5.74, 6) is -0.541. The van der Waals surface area contributed by atoms with E-state index in [0.29, 0.717) is 5.56 Å². The molecular formula is C17H14Cl3F3N2O. The van der Waals surface area contributed by atoms with E-state index in [2.05, 4.69) is 10.6 Å². The lowest BCUT2D eigenvalue weighted by Gasteiger charge is -2.27. The van der Waals surface area contributed by atoms with Crippen molar-refractivity contribution in [1.82, 2.24) is 5.32 Å². The molecule has 0 radical (unpaired) electrons. The van der Waals surface area contributed by atoms with Gasteiger partial charge < -0.3 is 10.6 Å². The lowest BCUT2D eigenvalue weighted by atomic mass is 10.1. The second-order valence-corrected chi connectivity index (χ2v) is 7.91. The van der Waals surface area contributed by atoms with Crippen molar-refractivity contribution in [2.24, 2.45) is 0 Å². The summed E-state index contributed by atoms with van der Waals surface area (Å²) in [5.41, 5.74) is 0.457. The van der Waals surface area contributed by atoms with Crippen LogP contribution in [0.15, 0.2) is 48.5 Å². The largest absolute Gasteiger partial charge is 0.416 e. The van der Waals surface area contributed by atoms with Gasteiger partial charge in [-0.15, -0.1) is 0 Å². The highest BCUT2D eigenvalue weighted by Crippen LogP contribution is 2.34. The van der Waals surface area contributed by atoms with Crippen LogP contribution in [0.25, 0.3) is 0 Å². The average molecular weight is 426 g/mol. The molecule has 0 aromatic heterocycles. The number of hydrogen-bond acceptors (Lipinski definition) is 2. The van der Waals surface area contributed by atoms with Gasteiger partial charge in [0.15, 0.2) is 0 Å². The Kier molecular flexibility index (Phi) is 6.32. The molecule has 3 nitrogen and oxygen atoms in total. The summed E-state index contributed by atoms with van der Waals surface area (Å²) in [6, 6.07) is 11.0. The van der Waals surface area contributed by atoms with E-state index >= 15 is 0 Å². The third-order valence-electron chi connectivity index (χ3n) is 3.42. The van der Waals surface area contributed by atoms with Gasteiger partial charge in [-0.25, -0.2) is 0 Å². The van der Waals surface area contributed by atoms with Crippen molar-refractivity contribution in [3.8, 4) is 0 Å². The second-order valence-electron chi connectivity index (χ2n) is 5.54. The molecule has 0 bridgehead atoms. The van der Waals surface area contributed by atoms with Gasteiger partial charge in [0.1, 0.15) is 6.17 Å². The minimum atomic E-state index is -4.52. The molecule has 0 heterocycles. The van der Waals surface area contributed by atoms with Crippen LogP contribution in [0.5, 0.6) is 0 Å². The monoisotopic (exact) mass is 424 g/mol.